The van der Waals surface area contributed by atoms with Gasteiger partial charge in [0, 0.05) is 6.92 Å². The second-order valence-corrected chi connectivity index (χ2v) is 2.79. The number of esters is 1. The van der Waals surface area contributed by atoms with Crippen LogP contribution in [-0.2, 0) is 15.7 Å². The van der Waals surface area contributed by atoms with Gasteiger partial charge < -0.3 is 4.74 Å². The Labute approximate surface area is 92.0 Å². The molecule has 0 aliphatic heterocycles. The third kappa shape index (κ3) is 6.86. The van der Waals surface area contributed by atoms with Gasteiger partial charge in [0.25, 0.3) is 0 Å². The van der Waals surface area contributed by atoms with E-state index in [1.54, 1.807) is 13.0 Å². The molecule has 5 heteroatoms. The van der Waals surface area contributed by atoms with Crippen molar-refractivity contribution in [2.75, 3.05) is 6.61 Å². The van der Waals surface area contributed by atoms with Crippen LogP contribution in [0.4, 0.5) is 13.2 Å². The van der Waals surface area contributed by atoms with Gasteiger partial charge in [-0.15, -0.1) is 0 Å². The second-order valence-electron chi connectivity index (χ2n) is 2.79. The molecule has 0 bridgehead atoms. The van der Waals surface area contributed by atoms with Crippen LogP contribution in [-0.4, -0.2) is 12.6 Å². The maximum absolute atomic E-state index is 11.8. The van der Waals surface area contributed by atoms with Gasteiger partial charge in [-0.05, 0) is 6.92 Å². The lowest BCUT2D eigenvalue weighted by atomic mass is 10.2. The second kappa shape index (κ2) is 6.87. The summed E-state index contributed by atoms with van der Waals surface area (Å²) in [6.07, 6.45) is -4.21. The van der Waals surface area contributed by atoms with Crippen molar-refractivity contribution in [1.82, 2.24) is 0 Å². The van der Waals surface area contributed by atoms with Crippen LogP contribution in [0.5, 0.6) is 0 Å². The van der Waals surface area contributed by atoms with Crippen molar-refractivity contribution in [2.45, 2.75) is 20.0 Å². The summed E-state index contributed by atoms with van der Waals surface area (Å²) in [5.41, 5.74) is -0.602. The highest BCUT2D eigenvalue weighted by atomic mass is 19.4. The number of hydrogen-bond donors (Lipinski definition) is 0. The molecule has 0 aliphatic carbocycles. The van der Waals surface area contributed by atoms with E-state index >= 15 is 0 Å². The van der Waals surface area contributed by atoms with Crippen molar-refractivity contribution in [2.24, 2.45) is 0 Å². The Morgan fingerprint density at radius 2 is 1.75 bits per heavy atom. The van der Waals surface area contributed by atoms with E-state index in [9.17, 15) is 18.0 Å². The Balaban J connectivity index is 0.000000325. The van der Waals surface area contributed by atoms with E-state index in [0.717, 1.165) is 12.1 Å². The summed E-state index contributed by atoms with van der Waals surface area (Å²) >= 11 is 0. The molecule has 0 amide bonds. The Bertz CT molecular complexity index is 307. The van der Waals surface area contributed by atoms with E-state index in [4.69, 9.17) is 0 Å². The Kier molecular flexibility index (Phi) is 6.22. The third-order valence-electron chi connectivity index (χ3n) is 1.45. The molecular formula is C11H13F3O2. The normalized spacial score (nSPS) is 10.1. The number of carbonyl (C=O) groups is 1. The van der Waals surface area contributed by atoms with Crippen LogP contribution < -0.4 is 0 Å². The van der Waals surface area contributed by atoms with Crippen molar-refractivity contribution in [3.63, 3.8) is 0 Å². The van der Waals surface area contributed by atoms with E-state index in [0.29, 0.717) is 6.61 Å². The summed E-state index contributed by atoms with van der Waals surface area (Å²) in [6.45, 7) is 3.65. The van der Waals surface area contributed by atoms with E-state index in [1.165, 1.54) is 19.1 Å². The van der Waals surface area contributed by atoms with Crippen LogP contribution in [0.25, 0.3) is 0 Å². The van der Waals surface area contributed by atoms with Crippen LogP contribution in [0.3, 0.4) is 0 Å². The molecular weight excluding hydrogens is 221 g/mol. The van der Waals surface area contributed by atoms with Crippen LogP contribution in [0.2, 0.25) is 0 Å². The van der Waals surface area contributed by atoms with Gasteiger partial charge in [0.2, 0.25) is 0 Å². The average molecular weight is 234 g/mol. The number of ether oxygens (including phenoxy) is 1. The summed E-state index contributed by atoms with van der Waals surface area (Å²) in [7, 11) is 0. The summed E-state index contributed by atoms with van der Waals surface area (Å²) in [5, 5.41) is 0. The maximum atomic E-state index is 11.8. The van der Waals surface area contributed by atoms with E-state index in [-0.39, 0.29) is 5.97 Å². The number of halogens is 3. The van der Waals surface area contributed by atoms with Crippen LogP contribution in [0, 0.1) is 0 Å². The fourth-order valence-corrected chi connectivity index (χ4v) is 0.830. The summed E-state index contributed by atoms with van der Waals surface area (Å²) in [4.78, 5) is 9.82. The smallest absolute Gasteiger partial charge is 0.416 e. The number of rotatable bonds is 1. The molecule has 0 saturated heterocycles. The van der Waals surface area contributed by atoms with Gasteiger partial charge in [0.1, 0.15) is 0 Å². The number of carbonyl (C=O) groups excluding carboxylic acids is 1. The monoisotopic (exact) mass is 234 g/mol. The molecule has 0 heterocycles. The fraction of sp³-hybridized carbons (Fsp3) is 0.364. The molecule has 1 aromatic carbocycles. The lowest BCUT2D eigenvalue weighted by Gasteiger charge is -2.03. The highest BCUT2D eigenvalue weighted by Crippen LogP contribution is 2.28. The quantitative estimate of drug-likeness (QED) is 0.697. The first-order chi connectivity index (χ1) is 7.38. The fourth-order valence-electron chi connectivity index (χ4n) is 0.830. The molecule has 0 fully saturated rings. The minimum atomic E-state index is -4.21. The van der Waals surface area contributed by atoms with Crippen LogP contribution in [0.1, 0.15) is 19.4 Å². The van der Waals surface area contributed by atoms with Crippen molar-refractivity contribution in [1.29, 1.82) is 0 Å². The largest absolute Gasteiger partial charge is 0.466 e. The predicted molar refractivity (Wildman–Crippen MR) is 53.8 cm³/mol. The molecule has 0 spiro atoms. The summed E-state index contributed by atoms with van der Waals surface area (Å²) < 4.78 is 39.8. The molecule has 1 rings (SSSR count). The van der Waals surface area contributed by atoms with Gasteiger partial charge >= 0.3 is 12.1 Å². The predicted octanol–water partition coefficient (Wildman–Crippen LogP) is 3.27. The minimum Gasteiger partial charge on any atom is -0.466 e. The molecule has 90 valence electrons. The SMILES string of the molecule is CCOC(C)=O.FC(F)(F)c1ccccc1. The number of hydrogen-bond acceptors (Lipinski definition) is 2. The number of benzene rings is 1. The van der Waals surface area contributed by atoms with Gasteiger partial charge in [-0.3, -0.25) is 4.79 Å². The van der Waals surface area contributed by atoms with Gasteiger partial charge in [-0.1, -0.05) is 30.3 Å². The minimum absolute atomic E-state index is 0.211. The van der Waals surface area contributed by atoms with E-state index < -0.39 is 11.7 Å². The Morgan fingerprint density at radius 1 is 1.25 bits per heavy atom. The molecule has 0 atom stereocenters. The summed E-state index contributed by atoms with van der Waals surface area (Å²) in [6, 6.07) is 6.36. The van der Waals surface area contributed by atoms with Gasteiger partial charge in [0.15, 0.2) is 0 Å². The zero-order valence-electron chi connectivity index (χ0n) is 9.04. The zero-order chi connectivity index (χ0) is 12.6. The molecule has 0 aliphatic rings. The molecule has 0 unspecified atom stereocenters. The van der Waals surface area contributed by atoms with Crippen molar-refractivity contribution in [3.8, 4) is 0 Å². The molecule has 0 radical (unpaired) electrons. The number of alkyl halides is 3. The topological polar surface area (TPSA) is 26.3 Å². The molecule has 16 heavy (non-hydrogen) atoms. The molecule has 2 nitrogen and oxygen atoms in total. The molecule has 1 aromatic rings. The lowest BCUT2D eigenvalue weighted by Crippen LogP contribution is -2.03. The van der Waals surface area contributed by atoms with Gasteiger partial charge in [0.05, 0.1) is 12.2 Å². The van der Waals surface area contributed by atoms with Crippen molar-refractivity contribution >= 4 is 5.97 Å². The first-order valence-corrected chi connectivity index (χ1v) is 4.63. The molecule has 0 aromatic heterocycles. The van der Waals surface area contributed by atoms with Crippen LogP contribution in [0.15, 0.2) is 30.3 Å². The zero-order valence-corrected chi connectivity index (χ0v) is 9.04. The molecule has 0 saturated carbocycles. The average Bonchev–Trinajstić information content (AvgIpc) is 2.18. The standard InChI is InChI=1S/C7H5F3.C4H8O2/c8-7(9,10)6-4-2-1-3-5-6;1-3-6-4(2)5/h1-5H;3H2,1-2H3. The summed E-state index contributed by atoms with van der Waals surface area (Å²) in [5.74, 6) is -0.211. The first kappa shape index (κ1) is 14.5. The Hall–Kier alpha value is -1.52. The van der Waals surface area contributed by atoms with E-state index in [1.807, 2.05) is 0 Å². The maximum Gasteiger partial charge on any atom is 0.416 e. The van der Waals surface area contributed by atoms with Crippen molar-refractivity contribution in [3.05, 3.63) is 35.9 Å². The Morgan fingerprint density at radius 3 is 1.94 bits per heavy atom. The van der Waals surface area contributed by atoms with Gasteiger partial charge in [-0.25, -0.2) is 0 Å². The van der Waals surface area contributed by atoms with E-state index in [2.05, 4.69) is 4.74 Å². The highest BCUT2D eigenvalue weighted by Gasteiger charge is 2.29. The first-order valence-electron chi connectivity index (χ1n) is 4.63. The van der Waals surface area contributed by atoms with Crippen molar-refractivity contribution < 1.29 is 22.7 Å². The highest BCUT2D eigenvalue weighted by molar-refractivity contribution is 5.65. The third-order valence-corrected chi connectivity index (χ3v) is 1.45. The van der Waals surface area contributed by atoms with Gasteiger partial charge in [-0.2, -0.15) is 13.2 Å². The van der Waals surface area contributed by atoms with Crippen LogP contribution >= 0.6 is 0 Å². The molecule has 0 N–H and O–H groups in total. The lowest BCUT2D eigenvalue weighted by molar-refractivity contribution is -0.140.